The summed E-state index contributed by atoms with van der Waals surface area (Å²) in [5, 5.41) is 3.44. The SMILES string of the molecule is CC1CC1CNc1ccc(C(N)=S)cc1Br. The fraction of sp³-hybridized carbons (Fsp3) is 0.417. The van der Waals surface area contributed by atoms with Gasteiger partial charge in [-0.25, -0.2) is 0 Å². The Kier molecular flexibility index (Phi) is 3.50. The van der Waals surface area contributed by atoms with Crippen LogP contribution >= 0.6 is 28.1 Å². The molecule has 2 rings (SSSR count). The maximum absolute atomic E-state index is 5.57. The van der Waals surface area contributed by atoms with Gasteiger partial charge in [0.2, 0.25) is 0 Å². The van der Waals surface area contributed by atoms with E-state index in [9.17, 15) is 0 Å². The molecule has 1 saturated carbocycles. The Labute approximate surface area is 110 Å². The summed E-state index contributed by atoms with van der Waals surface area (Å²) in [5.41, 5.74) is 7.58. The molecule has 0 aliphatic heterocycles. The quantitative estimate of drug-likeness (QED) is 0.839. The summed E-state index contributed by atoms with van der Waals surface area (Å²) in [5.74, 6) is 1.71. The molecule has 16 heavy (non-hydrogen) atoms. The molecule has 2 unspecified atom stereocenters. The van der Waals surface area contributed by atoms with Crippen LogP contribution in [0.25, 0.3) is 0 Å². The zero-order valence-electron chi connectivity index (χ0n) is 9.16. The summed E-state index contributed by atoms with van der Waals surface area (Å²) in [4.78, 5) is 0.433. The maximum atomic E-state index is 5.57. The molecule has 0 heterocycles. The molecule has 0 spiro atoms. The van der Waals surface area contributed by atoms with Crippen LogP contribution in [0.2, 0.25) is 0 Å². The minimum Gasteiger partial charge on any atom is -0.389 e. The van der Waals surface area contributed by atoms with Gasteiger partial charge in [-0.2, -0.15) is 0 Å². The molecule has 1 aromatic rings. The lowest BCUT2D eigenvalue weighted by molar-refractivity contribution is 0.787. The maximum Gasteiger partial charge on any atom is 0.104 e. The smallest absolute Gasteiger partial charge is 0.104 e. The van der Waals surface area contributed by atoms with Crippen LogP contribution in [0.1, 0.15) is 18.9 Å². The number of hydrogen-bond donors (Lipinski definition) is 2. The van der Waals surface area contributed by atoms with E-state index in [4.69, 9.17) is 18.0 Å². The first-order valence-electron chi connectivity index (χ1n) is 5.41. The first-order valence-corrected chi connectivity index (χ1v) is 6.61. The average molecular weight is 299 g/mol. The van der Waals surface area contributed by atoms with Crippen LogP contribution in [0.4, 0.5) is 5.69 Å². The topological polar surface area (TPSA) is 38.0 Å². The summed E-state index contributed by atoms with van der Waals surface area (Å²) in [7, 11) is 0. The standard InChI is InChI=1S/C12H15BrN2S/c1-7-4-9(7)6-15-11-3-2-8(12(14)16)5-10(11)13/h2-3,5,7,9,15H,4,6H2,1H3,(H2,14,16). The average Bonchev–Trinajstić information content (AvgIpc) is 2.92. The van der Waals surface area contributed by atoms with Crippen molar-refractivity contribution in [1.29, 1.82) is 0 Å². The molecule has 4 heteroatoms. The number of hydrogen-bond acceptors (Lipinski definition) is 2. The number of nitrogens with one attached hydrogen (secondary N) is 1. The highest BCUT2D eigenvalue weighted by molar-refractivity contribution is 9.10. The summed E-state index contributed by atoms with van der Waals surface area (Å²) >= 11 is 8.46. The molecular formula is C12H15BrN2S. The first kappa shape index (κ1) is 11.9. The molecule has 0 saturated heterocycles. The van der Waals surface area contributed by atoms with E-state index in [1.807, 2.05) is 18.2 Å². The molecule has 1 aromatic carbocycles. The molecular weight excluding hydrogens is 284 g/mol. The monoisotopic (exact) mass is 298 g/mol. The Hall–Kier alpha value is -0.610. The van der Waals surface area contributed by atoms with Gasteiger partial charge in [-0.3, -0.25) is 0 Å². The summed E-state index contributed by atoms with van der Waals surface area (Å²) < 4.78 is 1.02. The lowest BCUT2D eigenvalue weighted by atomic mass is 10.2. The van der Waals surface area contributed by atoms with E-state index < -0.39 is 0 Å². The highest BCUT2D eigenvalue weighted by atomic mass is 79.9. The number of nitrogens with two attached hydrogens (primary N) is 1. The third kappa shape index (κ3) is 2.74. The highest BCUT2D eigenvalue weighted by Gasteiger charge is 2.31. The fourth-order valence-electron chi connectivity index (χ4n) is 1.74. The number of anilines is 1. The number of rotatable bonds is 4. The Balaban J connectivity index is 2.01. The molecule has 2 nitrogen and oxygen atoms in total. The molecule has 2 atom stereocenters. The zero-order chi connectivity index (χ0) is 11.7. The van der Waals surface area contributed by atoms with Crippen LogP contribution in [0, 0.1) is 11.8 Å². The van der Waals surface area contributed by atoms with Crippen molar-refractivity contribution < 1.29 is 0 Å². The lowest BCUT2D eigenvalue weighted by Crippen LogP contribution is -2.10. The predicted molar refractivity (Wildman–Crippen MR) is 75.8 cm³/mol. The highest BCUT2D eigenvalue weighted by Crippen LogP contribution is 2.38. The lowest BCUT2D eigenvalue weighted by Gasteiger charge is -2.09. The summed E-state index contributed by atoms with van der Waals surface area (Å²) in [6, 6.07) is 5.93. The van der Waals surface area contributed by atoms with Crippen LogP contribution in [-0.2, 0) is 0 Å². The van der Waals surface area contributed by atoms with E-state index in [2.05, 4.69) is 28.2 Å². The predicted octanol–water partition coefficient (Wildman–Crippen LogP) is 3.15. The van der Waals surface area contributed by atoms with Crippen LogP contribution in [0.15, 0.2) is 22.7 Å². The Morgan fingerprint density at radius 1 is 1.62 bits per heavy atom. The Bertz CT molecular complexity index is 419. The van der Waals surface area contributed by atoms with Gasteiger partial charge in [-0.05, 0) is 52.4 Å². The fourth-order valence-corrected chi connectivity index (χ4v) is 2.38. The normalized spacial score (nSPS) is 22.9. The largest absolute Gasteiger partial charge is 0.389 e. The third-order valence-corrected chi connectivity index (χ3v) is 3.98. The molecule has 86 valence electrons. The van der Waals surface area contributed by atoms with Crippen molar-refractivity contribution in [3.8, 4) is 0 Å². The number of thiocarbonyl (C=S) groups is 1. The Morgan fingerprint density at radius 2 is 2.31 bits per heavy atom. The Morgan fingerprint density at radius 3 is 2.81 bits per heavy atom. The molecule has 0 amide bonds. The van der Waals surface area contributed by atoms with Crippen molar-refractivity contribution in [3.63, 3.8) is 0 Å². The van der Waals surface area contributed by atoms with Gasteiger partial charge in [0, 0.05) is 22.3 Å². The summed E-state index contributed by atoms with van der Waals surface area (Å²) in [6.45, 7) is 3.34. The molecule has 0 aromatic heterocycles. The van der Waals surface area contributed by atoms with Crippen molar-refractivity contribution in [2.24, 2.45) is 17.6 Å². The second kappa shape index (κ2) is 4.72. The van der Waals surface area contributed by atoms with E-state index in [-0.39, 0.29) is 0 Å². The van der Waals surface area contributed by atoms with Crippen LogP contribution in [0.3, 0.4) is 0 Å². The van der Waals surface area contributed by atoms with Crippen molar-refractivity contribution in [2.45, 2.75) is 13.3 Å². The third-order valence-electron chi connectivity index (χ3n) is 3.08. The van der Waals surface area contributed by atoms with Gasteiger partial charge in [0.1, 0.15) is 4.99 Å². The van der Waals surface area contributed by atoms with Gasteiger partial charge in [0.15, 0.2) is 0 Å². The van der Waals surface area contributed by atoms with Crippen molar-refractivity contribution >= 4 is 38.8 Å². The van der Waals surface area contributed by atoms with Gasteiger partial charge in [0.05, 0.1) is 0 Å². The summed E-state index contributed by atoms with van der Waals surface area (Å²) in [6.07, 6.45) is 1.34. The van der Waals surface area contributed by atoms with Crippen molar-refractivity contribution in [3.05, 3.63) is 28.2 Å². The van der Waals surface area contributed by atoms with Gasteiger partial charge in [0.25, 0.3) is 0 Å². The van der Waals surface area contributed by atoms with Gasteiger partial charge in [-0.15, -0.1) is 0 Å². The van der Waals surface area contributed by atoms with Crippen molar-refractivity contribution in [2.75, 3.05) is 11.9 Å². The minimum absolute atomic E-state index is 0.433. The minimum atomic E-state index is 0.433. The number of benzene rings is 1. The van der Waals surface area contributed by atoms with E-state index in [0.717, 1.165) is 34.1 Å². The van der Waals surface area contributed by atoms with E-state index in [0.29, 0.717) is 4.99 Å². The molecule has 1 fully saturated rings. The zero-order valence-corrected chi connectivity index (χ0v) is 11.6. The molecule has 0 bridgehead atoms. The molecule has 3 N–H and O–H groups in total. The van der Waals surface area contributed by atoms with Crippen LogP contribution in [0.5, 0.6) is 0 Å². The molecule has 1 aliphatic carbocycles. The van der Waals surface area contributed by atoms with Gasteiger partial charge >= 0.3 is 0 Å². The van der Waals surface area contributed by atoms with E-state index in [1.54, 1.807) is 0 Å². The molecule has 1 aliphatic rings. The van der Waals surface area contributed by atoms with Crippen LogP contribution < -0.4 is 11.1 Å². The molecule has 0 radical (unpaired) electrons. The van der Waals surface area contributed by atoms with Crippen molar-refractivity contribution in [1.82, 2.24) is 0 Å². The number of halogens is 1. The van der Waals surface area contributed by atoms with E-state index >= 15 is 0 Å². The van der Waals surface area contributed by atoms with Gasteiger partial charge in [-0.1, -0.05) is 19.1 Å². The van der Waals surface area contributed by atoms with Crippen LogP contribution in [-0.4, -0.2) is 11.5 Å². The second-order valence-electron chi connectivity index (χ2n) is 4.41. The second-order valence-corrected chi connectivity index (χ2v) is 5.71. The first-order chi connectivity index (χ1) is 7.58. The van der Waals surface area contributed by atoms with Gasteiger partial charge < -0.3 is 11.1 Å². The van der Waals surface area contributed by atoms with E-state index in [1.165, 1.54) is 6.42 Å².